The smallest absolute Gasteiger partial charge is 0.227 e. The average Bonchev–Trinajstić information content (AvgIpc) is 3.15. The second-order valence-electron chi connectivity index (χ2n) is 6.41. The lowest BCUT2D eigenvalue weighted by Crippen LogP contribution is -2.38. The molecule has 1 aliphatic carbocycles. The van der Waals surface area contributed by atoms with E-state index < -0.39 is 0 Å². The summed E-state index contributed by atoms with van der Waals surface area (Å²) >= 11 is 3.79. The molecule has 0 radical (unpaired) electrons. The van der Waals surface area contributed by atoms with Crippen molar-refractivity contribution in [2.75, 3.05) is 11.4 Å². The van der Waals surface area contributed by atoms with Crippen molar-refractivity contribution in [3.8, 4) is 0 Å². The molecule has 0 saturated heterocycles. The molecule has 0 aromatic heterocycles. The van der Waals surface area contributed by atoms with E-state index in [1.54, 1.807) is 0 Å². The SMILES string of the molecule is O=C(CC1CCCC1)N1CC2SC=CC2Sc2ccccc21. The molecule has 1 aromatic rings. The number of thioether (sulfide) groups is 2. The summed E-state index contributed by atoms with van der Waals surface area (Å²) in [6, 6.07) is 8.41. The molecular weight excluding hydrogens is 310 g/mol. The van der Waals surface area contributed by atoms with E-state index in [2.05, 4.69) is 40.6 Å². The van der Waals surface area contributed by atoms with E-state index in [0.717, 1.165) is 18.7 Å². The predicted octanol–water partition coefficient (Wildman–Crippen LogP) is 4.70. The molecule has 4 heteroatoms. The van der Waals surface area contributed by atoms with Gasteiger partial charge in [-0.05, 0) is 36.3 Å². The number of hydrogen-bond donors (Lipinski definition) is 0. The number of benzene rings is 1. The molecule has 2 unspecified atom stereocenters. The summed E-state index contributed by atoms with van der Waals surface area (Å²) < 4.78 is 0. The Morgan fingerprint density at radius 3 is 2.91 bits per heavy atom. The fourth-order valence-electron chi connectivity index (χ4n) is 3.70. The number of nitrogens with zero attached hydrogens (tertiary/aromatic N) is 1. The third-order valence-corrected chi connectivity index (χ3v) is 7.54. The summed E-state index contributed by atoms with van der Waals surface area (Å²) in [5.41, 5.74) is 1.12. The van der Waals surface area contributed by atoms with Gasteiger partial charge in [-0.1, -0.05) is 31.1 Å². The van der Waals surface area contributed by atoms with Crippen LogP contribution in [0.15, 0.2) is 40.6 Å². The molecule has 2 atom stereocenters. The van der Waals surface area contributed by atoms with Crippen molar-refractivity contribution < 1.29 is 4.79 Å². The van der Waals surface area contributed by atoms with Crippen LogP contribution in [0.3, 0.4) is 0 Å². The zero-order chi connectivity index (χ0) is 14.9. The minimum atomic E-state index is 0.327. The van der Waals surface area contributed by atoms with Crippen LogP contribution in [0, 0.1) is 5.92 Å². The van der Waals surface area contributed by atoms with Gasteiger partial charge in [0.05, 0.1) is 5.69 Å². The minimum absolute atomic E-state index is 0.327. The minimum Gasteiger partial charge on any atom is -0.310 e. The highest BCUT2D eigenvalue weighted by Crippen LogP contribution is 2.44. The van der Waals surface area contributed by atoms with Crippen LogP contribution in [-0.4, -0.2) is 23.0 Å². The Labute approximate surface area is 140 Å². The molecule has 2 aliphatic heterocycles. The summed E-state index contributed by atoms with van der Waals surface area (Å²) in [6.45, 7) is 0.845. The summed E-state index contributed by atoms with van der Waals surface area (Å²) in [5, 5.41) is 3.19. The van der Waals surface area contributed by atoms with Crippen molar-refractivity contribution in [3.05, 3.63) is 35.7 Å². The van der Waals surface area contributed by atoms with E-state index in [0.29, 0.717) is 22.3 Å². The van der Waals surface area contributed by atoms with Gasteiger partial charge >= 0.3 is 0 Å². The highest BCUT2D eigenvalue weighted by atomic mass is 32.2. The van der Waals surface area contributed by atoms with E-state index >= 15 is 0 Å². The van der Waals surface area contributed by atoms with Gasteiger partial charge in [-0.25, -0.2) is 0 Å². The van der Waals surface area contributed by atoms with Crippen LogP contribution in [0.1, 0.15) is 32.1 Å². The van der Waals surface area contributed by atoms with Crippen molar-refractivity contribution in [2.45, 2.75) is 47.5 Å². The van der Waals surface area contributed by atoms with Gasteiger partial charge in [-0.3, -0.25) is 4.79 Å². The molecule has 0 spiro atoms. The van der Waals surface area contributed by atoms with E-state index in [1.807, 2.05) is 23.5 Å². The van der Waals surface area contributed by atoms with Gasteiger partial charge in [0.1, 0.15) is 0 Å². The number of para-hydroxylation sites is 1. The summed E-state index contributed by atoms with van der Waals surface area (Å²) in [4.78, 5) is 16.3. The number of rotatable bonds is 2. The second kappa shape index (κ2) is 6.32. The van der Waals surface area contributed by atoms with Crippen molar-refractivity contribution >= 4 is 35.1 Å². The zero-order valence-corrected chi connectivity index (χ0v) is 14.2. The Kier molecular flexibility index (Phi) is 4.23. The molecule has 1 aromatic carbocycles. The Morgan fingerprint density at radius 2 is 2.05 bits per heavy atom. The van der Waals surface area contributed by atoms with Crippen LogP contribution in [0.5, 0.6) is 0 Å². The molecule has 116 valence electrons. The van der Waals surface area contributed by atoms with Gasteiger partial charge in [0, 0.05) is 28.4 Å². The van der Waals surface area contributed by atoms with Crippen molar-refractivity contribution in [3.63, 3.8) is 0 Å². The lowest BCUT2D eigenvalue weighted by atomic mass is 10.0. The first kappa shape index (κ1) is 14.7. The Bertz CT molecular complexity index is 595. The zero-order valence-electron chi connectivity index (χ0n) is 12.6. The van der Waals surface area contributed by atoms with E-state index in [9.17, 15) is 4.79 Å². The fourth-order valence-corrected chi connectivity index (χ4v) is 6.25. The lowest BCUT2D eigenvalue weighted by Gasteiger charge is -2.26. The predicted molar refractivity (Wildman–Crippen MR) is 95.5 cm³/mol. The maximum Gasteiger partial charge on any atom is 0.227 e. The quantitative estimate of drug-likeness (QED) is 0.783. The molecule has 4 rings (SSSR count). The number of amides is 1. The second-order valence-corrected chi connectivity index (χ2v) is 8.78. The Hall–Kier alpha value is -0.870. The van der Waals surface area contributed by atoms with Gasteiger partial charge in [-0.15, -0.1) is 23.5 Å². The molecule has 1 saturated carbocycles. The normalized spacial score (nSPS) is 27.5. The van der Waals surface area contributed by atoms with Crippen LogP contribution in [-0.2, 0) is 4.79 Å². The van der Waals surface area contributed by atoms with E-state index in [4.69, 9.17) is 0 Å². The van der Waals surface area contributed by atoms with Gasteiger partial charge in [0.25, 0.3) is 0 Å². The largest absolute Gasteiger partial charge is 0.310 e. The summed E-state index contributed by atoms with van der Waals surface area (Å²) in [5.74, 6) is 0.939. The molecule has 0 N–H and O–H groups in total. The molecule has 2 heterocycles. The third-order valence-electron chi connectivity index (χ3n) is 4.91. The number of anilines is 1. The van der Waals surface area contributed by atoms with Crippen LogP contribution in [0.2, 0.25) is 0 Å². The molecule has 0 bridgehead atoms. The van der Waals surface area contributed by atoms with Crippen LogP contribution < -0.4 is 4.90 Å². The molecule has 3 aliphatic rings. The number of carbonyl (C=O) groups excluding carboxylic acids is 1. The average molecular weight is 332 g/mol. The number of fused-ring (bicyclic) bond motifs is 2. The first-order valence-electron chi connectivity index (χ1n) is 8.19. The van der Waals surface area contributed by atoms with Crippen LogP contribution in [0.25, 0.3) is 0 Å². The maximum absolute atomic E-state index is 12.9. The highest BCUT2D eigenvalue weighted by molar-refractivity contribution is 8.06. The monoisotopic (exact) mass is 331 g/mol. The van der Waals surface area contributed by atoms with Gasteiger partial charge in [0.2, 0.25) is 5.91 Å². The Balaban J connectivity index is 1.60. The number of carbonyl (C=O) groups is 1. The van der Waals surface area contributed by atoms with Crippen LogP contribution in [0.4, 0.5) is 5.69 Å². The maximum atomic E-state index is 12.9. The molecule has 1 amide bonds. The van der Waals surface area contributed by atoms with E-state index in [1.165, 1.54) is 30.6 Å². The highest BCUT2D eigenvalue weighted by Gasteiger charge is 2.34. The van der Waals surface area contributed by atoms with Crippen LogP contribution >= 0.6 is 23.5 Å². The first-order valence-corrected chi connectivity index (χ1v) is 10.0. The fraction of sp³-hybridized carbons (Fsp3) is 0.500. The summed E-state index contributed by atoms with van der Waals surface area (Å²) in [6.07, 6.45) is 8.09. The molecule has 22 heavy (non-hydrogen) atoms. The standard InChI is InChI=1S/C18H21NOS2/c20-18(11-13-5-1-2-6-13)19-12-17-16(9-10-21-17)22-15-8-4-3-7-14(15)19/h3-4,7-10,13,16-17H,1-2,5-6,11-12H2. The molecule has 1 fully saturated rings. The Morgan fingerprint density at radius 1 is 1.23 bits per heavy atom. The molecule has 2 nitrogen and oxygen atoms in total. The van der Waals surface area contributed by atoms with Crippen molar-refractivity contribution in [2.24, 2.45) is 5.92 Å². The van der Waals surface area contributed by atoms with Gasteiger partial charge in [0.15, 0.2) is 0 Å². The third kappa shape index (κ3) is 2.83. The van der Waals surface area contributed by atoms with Gasteiger partial charge in [-0.2, -0.15) is 0 Å². The van der Waals surface area contributed by atoms with Crippen molar-refractivity contribution in [1.82, 2.24) is 0 Å². The van der Waals surface area contributed by atoms with Crippen molar-refractivity contribution in [1.29, 1.82) is 0 Å². The summed E-state index contributed by atoms with van der Waals surface area (Å²) in [7, 11) is 0. The van der Waals surface area contributed by atoms with E-state index in [-0.39, 0.29) is 0 Å². The first-order chi connectivity index (χ1) is 10.8. The molecular formula is C18H21NOS2. The lowest BCUT2D eigenvalue weighted by molar-refractivity contribution is -0.119. The number of hydrogen-bond acceptors (Lipinski definition) is 3. The topological polar surface area (TPSA) is 20.3 Å². The van der Waals surface area contributed by atoms with Gasteiger partial charge < -0.3 is 4.90 Å².